The maximum atomic E-state index is 12.8. The molecule has 0 radical (unpaired) electrons. The third-order valence-electron chi connectivity index (χ3n) is 2.34. The molecular formula is C13H9BrClF. The molecule has 0 aliphatic rings. The lowest BCUT2D eigenvalue weighted by Gasteiger charge is -2.12. The maximum Gasteiger partial charge on any atom is 0.123 e. The smallest absolute Gasteiger partial charge is 0.123 e. The summed E-state index contributed by atoms with van der Waals surface area (Å²) in [5.74, 6) is -0.234. The van der Waals surface area contributed by atoms with E-state index in [-0.39, 0.29) is 10.6 Å². The van der Waals surface area contributed by atoms with Crippen molar-refractivity contribution < 1.29 is 4.39 Å². The standard InChI is InChI=1S/C13H9BrClF/c14-13(9-5-7-10(16)8-6-9)11-3-1-2-4-12(11)15/h1-8,13H. The molecule has 1 unspecified atom stereocenters. The molecular weight excluding hydrogens is 290 g/mol. The van der Waals surface area contributed by atoms with Crippen LogP contribution in [-0.2, 0) is 0 Å². The van der Waals surface area contributed by atoms with Crippen molar-refractivity contribution in [3.05, 3.63) is 70.5 Å². The molecule has 0 aromatic heterocycles. The van der Waals surface area contributed by atoms with Crippen molar-refractivity contribution in [2.75, 3.05) is 0 Å². The number of halogens is 3. The number of rotatable bonds is 2. The van der Waals surface area contributed by atoms with E-state index in [1.165, 1.54) is 12.1 Å². The van der Waals surface area contributed by atoms with Crippen LogP contribution in [0.3, 0.4) is 0 Å². The van der Waals surface area contributed by atoms with Crippen molar-refractivity contribution in [1.29, 1.82) is 0 Å². The summed E-state index contributed by atoms with van der Waals surface area (Å²) in [6.45, 7) is 0. The van der Waals surface area contributed by atoms with Crippen molar-refractivity contribution >= 4 is 27.5 Å². The van der Waals surface area contributed by atoms with Gasteiger partial charge in [-0.1, -0.05) is 57.9 Å². The van der Waals surface area contributed by atoms with Gasteiger partial charge in [0.1, 0.15) is 5.82 Å². The Balaban J connectivity index is 2.35. The van der Waals surface area contributed by atoms with Crippen molar-refractivity contribution in [3.63, 3.8) is 0 Å². The molecule has 2 aromatic rings. The Morgan fingerprint density at radius 1 is 1.00 bits per heavy atom. The molecule has 0 N–H and O–H groups in total. The van der Waals surface area contributed by atoms with Gasteiger partial charge in [-0.15, -0.1) is 0 Å². The summed E-state index contributed by atoms with van der Waals surface area (Å²) in [5.41, 5.74) is 1.96. The fourth-order valence-corrected chi connectivity index (χ4v) is 2.57. The highest BCUT2D eigenvalue weighted by Gasteiger charge is 2.12. The largest absolute Gasteiger partial charge is 0.207 e. The van der Waals surface area contributed by atoms with E-state index in [2.05, 4.69) is 15.9 Å². The average molecular weight is 300 g/mol. The minimum Gasteiger partial charge on any atom is -0.207 e. The molecule has 0 aliphatic carbocycles. The predicted octanol–water partition coefficient (Wildman–Crippen LogP) is 4.96. The van der Waals surface area contributed by atoms with Crippen LogP contribution in [0.25, 0.3) is 0 Å². The van der Waals surface area contributed by atoms with Gasteiger partial charge in [0.05, 0.1) is 4.83 Å². The van der Waals surface area contributed by atoms with Crippen LogP contribution in [-0.4, -0.2) is 0 Å². The van der Waals surface area contributed by atoms with Gasteiger partial charge in [0.15, 0.2) is 0 Å². The SMILES string of the molecule is Fc1ccc(C(Br)c2ccccc2Cl)cc1. The summed E-state index contributed by atoms with van der Waals surface area (Å²) in [5, 5.41) is 0.703. The van der Waals surface area contributed by atoms with E-state index in [9.17, 15) is 4.39 Å². The molecule has 1 atom stereocenters. The number of alkyl halides is 1. The van der Waals surface area contributed by atoms with E-state index in [1.54, 1.807) is 12.1 Å². The molecule has 0 nitrogen and oxygen atoms in total. The van der Waals surface area contributed by atoms with Crippen LogP contribution in [0.5, 0.6) is 0 Å². The van der Waals surface area contributed by atoms with Gasteiger partial charge in [-0.2, -0.15) is 0 Å². The van der Waals surface area contributed by atoms with Crippen molar-refractivity contribution in [2.24, 2.45) is 0 Å². The molecule has 0 amide bonds. The lowest BCUT2D eigenvalue weighted by atomic mass is 10.0. The highest BCUT2D eigenvalue weighted by atomic mass is 79.9. The summed E-state index contributed by atoms with van der Waals surface area (Å²) in [6.07, 6.45) is 0. The van der Waals surface area contributed by atoms with Gasteiger partial charge >= 0.3 is 0 Å². The van der Waals surface area contributed by atoms with Gasteiger partial charge in [0.25, 0.3) is 0 Å². The first-order chi connectivity index (χ1) is 7.68. The lowest BCUT2D eigenvalue weighted by Crippen LogP contribution is -1.93. The Hall–Kier alpha value is -0.860. The van der Waals surface area contributed by atoms with E-state index in [0.717, 1.165) is 11.1 Å². The number of benzene rings is 2. The molecule has 82 valence electrons. The monoisotopic (exact) mass is 298 g/mol. The van der Waals surface area contributed by atoms with Crippen LogP contribution >= 0.6 is 27.5 Å². The van der Waals surface area contributed by atoms with Gasteiger partial charge in [-0.3, -0.25) is 0 Å². The first-order valence-electron chi connectivity index (χ1n) is 4.82. The fraction of sp³-hybridized carbons (Fsp3) is 0.0769. The zero-order valence-electron chi connectivity index (χ0n) is 8.33. The molecule has 3 heteroatoms. The fourth-order valence-electron chi connectivity index (χ4n) is 1.49. The number of hydrogen-bond donors (Lipinski definition) is 0. The highest BCUT2D eigenvalue weighted by Crippen LogP contribution is 2.34. The molecule has 16 heavy (non-hydrogen) atoms. The first-order valence-corrected chi connectivity index (χ1v) is 6.12. The van der Waals surface area contributed by atoms with Crippen LogP contribution in [0, 0.1) is 5.82 Å². The van der Waals surface area contributed by atoms with E-state index in [1.807, 2.05) is 24.3 Å². The molecule has 2 aromatic carbocycles. The van der Waals surface area contributed by atoms with Gasteiger partial charge in [-0.05, 0) is 29.3 Å². The van der Waals surface area contributed by atoms with Gasteiger partial charge < -0.3 is 0 Å². The summed E-state index contributed by atoms with van der Waals surface area (Å²) in [4.78, 5) is -0.0122. The highest BCUT2D eigenvalue weighted by molar-refractivity contribution is 9.09. The molecule has 0 fully saturated rings. The van der Waals surface area contributed by atoms with E-state index < -0.39 is 0 Å². The Morgan fingerprint density at radius 3 is 2.25 bits per heavy atom. The third-order valence-corrected chi connectivity index (χ3v) is 3.71. The van der Waals surface area contributed by atoms with E-state index >= 15 is 0 Å². The second-order valence-electron chi connectivity index (χ2n) is 3.44. The first kappa shape index (κ1) is 11.6. The van der Waals surface area contributed by atoms with Gasteiger partial charge in [0.2, 0.25) is 0 Å². The molecule has 0 bridgehead atoms. The van der Waals surface area contributed by atoms with Crippen LogP contribution in [0.15, 0.2) is 48.5 Å². The van der Waals surface area contributed by atoms with E-state index in [0.29, 0.717) is 5.02 Å². The van der Waals surface area contributed by atoms with Gasteiger partial charge in [0, 0.05) is 5.02 Å². The van der Waals surface area contributed by atoms with E-state index in [4.69, 9.17) is 11.6 Å². The minimum atomic E-state index is -0.234. The topological polar surface area (TPSA) is 0 Å². The summed E-state index contributed by atoms with van der Waals surface area (Å²) >= 11 is 9.66. The quantitative estimate of drug-likeness (QED) is 0.687. The van der Waals surface area contributed by atoms with Crippen LogP contribution < -0.4 is 0 Å². The summed E-state index contributed by atoms with van der Waals surface area (Å²) in [6, 6.07) is 14.0. The third kappa shape index (κ3) is 2.45. The molecule has 0 saturated carbocycles. The van der Waals surface area contributed by atoms with Crippen LogP contribution in [0.1, 0.15) is 16.0 Å². The minimum absolute atomic E-state index is 0.0122. The normalized spacial score (nSPS) is 12.4. The summed E-state index contributed by atoms with van der Waals surface area (Å²) < 4.78 is 12.8. The second kappa shape index (κ2) is 4.98. The summed E-state index contributed by atoms with van der Waals surface area (Å²) in [7, 11) is 0. The predicted molar refractivity (Wildman–Crippen MR) is 68.6 cm³/mol. The van der Waals surface area contributed by atoms with Crippen molar-refractivity contribution in [1.82, 2.24) is 0 Å². The molecule has 0 saturated heterocycles. The van der Waals surface area contributed by atoms with Crippen molar-refractivity contribution in [3.8, 4) is 0 Å². The lowest BCUT2D eigenvalue weighted by molar-refractivity contribution is 0.627. The molecule has 0 aliphatic heterocycles. The molecule has 2 rings (SSSR count). The average Bonchev–Trinajstić information content (AvgIpc) is 2.30. The van der Waals surface area contributed by atoms with Crippen LogP contribution in [0.4, 0.5) is 4.39 Å². The molecule has 0 spiro atoms. The van der Waals surface area contributed by atoms with Crippen LogP contribution in [0.2, 0.25) is 5.02 Å². The Morgan fingerprint density at radius 2 is 1.62 bits per heavy atom. The van der Waals surface area contributed by atoms with Gasteiger partial charge in [-0.25, -0.2) is 4.39 Å². The van der Waals surface area contributed by atoms with Crippen molar-refractivity contribution in [2.45, 2.75) is 4.83 Å². The zero-order valence-corrected chi connectivity index (χ0v) is 10.7. The number of hydrogen-bond acceptors (Lipinski definition) is 0. The Kier molecular flexibility index (Phi) is 3.62. The maximum absolute atomic E-state index is 12.8. The zero-order chi connectivity index (χ0) is 11.5. The molecule has 0 heterocycles. The Bertz CT molecular complexity index is 482. The second-order valence-corrected chi connectivity index (χ2v) is 4.76. The Labute approximate surface area is 107 Å².